The van der Waals surface area contributed by atoms with Crippen LogP contribution in [0.25, 0.3) is 0 Å². The van der Waals surface area contributed by atoms with Crippen LogP contribution >= 0.6 is 0 Å². The molecule has 1 heterocycles. The zero-order chi connectivity index (χ0) is 9.84. The lowest BCUT2D eigenvalue weighted by atomic mass is 9.96. The largest absolute Gasteiger partial charge is 0.336 e. The van der Waals surface area contributed by atoms with Gasteiger partial charge in [0.15, 0.2) is 0 Å². The van der Waals surface area contributed by atoms with Crippen LogP contribution in [0.4, 0.5) is 0 Å². The smallest absolute Gasteiger partial charge is 0.291 e. The van der Waals surface area contributed by atoms with E-state index in [0.717, 1.165) is 6.42 Å². The Kier molecular flexibility index (Phi) is 3.02. The summed E-state index contributed by atoms with van der Waals surface area (Å²) in [6.45, 7) is 3.10. The second-order valence-electron chi connectivity index (χ2n) is 3.13. The molecule has 0 aliphatic carbocycles. The Bertz CT molecular complexity index is 267. The molecule has 1 amide bonds. The highest BCUT2D eigenvalue weighted by Crippen LogP contribution is 2.14. The lowest BCUT2D eigenvalue weighted by molar-refractivity contribution is -0.148. The van der Waals surface area contributed by atoms with Gasteiger partial charge in [0.05, 0.1) is 6.07 Å². The first-order chi connectivity index (χ1) is 6.20. The number of amides is 1. The third-order valence-corrected chi connectivity index (χ3v) is 2.15. The molecule has 0 saturated carbocycles. The van der Waals surface area contributed by atoms with E-state index in [-0.39, 0.29) is 0 Å². The SMILES string of the molecule is CCCN1CC[C@@H](C#N)C(=O)C1=O. The molecule has 1 rings (SSSR count). The van der Waals surface area contributed by atoms with Crippen LogP contribution < -0.4 is 0 Å². The second-order valence-corrected chi connectivity index (χ2v) is 3.13. The molecular formula is C9H12N2O2. The summed E-state index contributed by atoms with van der Waals surface area (Å²) >= 11 is 0. The number of likely N-dealkylation sites (tertiary alicyclic amines) is 1. The summed E-state index contributed by atoms with van der Waals surface area (Å²) in [7, 11) is 0. The minimum absolute atomic E-state index is 0.486. The van der Waals surface area contributed by atoms with Crippen LogP contribution in [-0.4, -0.2) is 29.7 Å². The number of carbonyl (C=O) groups excluding carboxylic acids is 2. The van der Waals surface area contributed by atoms with Gasteiger partial charge >= 0.3 is 0 Å². The molecule has 1 fully saturated rings. The molecule has 0 aromatic carbocycles. The number of nitrogens with zero attached hydrogens (tertiary/aromatic N) is 2. The van der Waals surface area contributed by atoms with E-state index in [1.165, 1.54) is 4.90 Å². The van der Waals surface area contributed by atoms with Crippen LogP contribution in [0.5, 0.6) is 0 Å². The van der Waals surface area contributed by atoms with Gasteiger partial charge in [-0.25, -0.2) is 0 Å². The molecule has 1 aliphatic heterocycles. The molecule has 0 N–H and O–H groups in total. The Morgan fingerprint density at radius 1 is 1.62 bits per heavy atom. The standard InChI is InChI=1S/C9H12N2O2/c1-2-4-11-5-3-7(6-10)8(12)9(11)13/h7H,2-5H2,1H3/t7-/m0/s1. The number of piperidine rings is 1. The maximum Gasteiger partial charge on any atom is 0.291 e. The summed E-state index contributed by atoms with van der Waals surface area (Å²) in [5, 5.41) is 8.55. The maximum atomic E-state index is 11.3. The minimum Gasteiger partial charge on any atom is -0.336 e. The van der Waals surface area contributed by atoms with E-state index in [0.29, 0.717) is 19.5 Å². The first-order valence-electron chi connectivity index (χ1n) is 4.43. The van der Waals surface area contributed by atoms with E-state index in [2.05, 4.69) is 0 Å². The molecule has 0 aromatic heterocycles. The number of carbonyl (C=O) groups is 2. The van der Waals surface area contributed by atoms with E-state index in [4.69, 9.17) is 5.26 Å². The Balaban J connectivity index is 2.66. The number of Topliss-reactive ketones (excluding diaryl/α,β-unsaturated/α-hetero) is 1. The number of ketones is 1. The Morgan fingerprint density at radius 2 is 2.31 bits per heavy atom. The highest BCUT2D eigenvalue weighted by molar-refractivity contribution is 6.37. The van der Waals surface area contributed by atoms with E-state index >= 15 is 0 Å². The molecule has 0 aromatic rings. The molecule has 1 atom stereocenters. The predicted octanol–water partition coefficient (Wildman–Crippen LogP) is 0.338. The van der Waals surface area contributed by atoms with Gasteiger partial charge < -0.3 is 4.90 Å². The van der Waals surface area contributed by atoms with Gasteiger partial charge in [-0.05, 0) is 12.8 Å². The van der Waals surface area contributed by atoms with Gasteiger partial charge in [-0.1, -0.05) is 6.92 Å². The van der Waals surface area contributed by atoms with Gasteiger partial charge in [0.25, 0.3) is 5.91 Å². The summed E-state index contributed by atoms with van der Waals surface area (Å²) in [5.41, 5.74) is 0. The van der Waals surface area contributed by atoms with Crippen molar-refractivity contribution in [3.8, 4) is 6.07 Å². The van der Waals surface area contributed by atoms with Crippen molar-refractivity contribution in [1.29, 1.82) is 5.26 Å². The molecule has 0 bridgehead atoms. The number of hydrogen-bond donors (Lipinski definition) is 0. The topological polar surface area (TPSA) is 61.2 Å². The molecule has 4 nitrogen and oxygen atoms in total. The molecule has 0 spiro atoms. The highest BCUT2D eigenvalue weighted by atomic mass is 16.2. The fourth-order valence-corrected chi connectivity index (χ4v) is 1.43. The van der Waals surface area contributed by atoms with Crippen molar-refractivity contribution in [3.63, 3.8) is 0 Å². The van der Waals surface area contributed by atoms with Crippen LogP contribution in [0.1, 0.15) is 19.8 Å². The average Bonchev–Trinajstić information content (AvgIpc) is 2.14. The van der Waals surface area contributed by atoms with Crippen molar-refractivity contribution >= 4 is 11.7 Å². The summed E-state index contributed by atoms with van der Waals surface area (Å²) in [5.74, 6) is -1.73. The Hall–Kier alpha value is -1.37. The Labute approximate surface area is 77.1 Å². The molecule has 0 unspecified atom stereocenters. The fourth-order valence-electron chi connectivity index (χ4n) is 1.43. The third-order valence-electron chi connectivity index (χ3n) is 2.15. The third kappa shape index (κ3) is 1.86. The predicted molar refractivity (Wildman–Crippen MR) is 45.6 cm³/mol. The van der Waals surface area contributed by atoms with Crippen LogP contribution in [0.2, 0.25) is 0 Å². The van der Waals surface area contributed by atoms with Gasteiger partial charge in [0.1, 0.15) is 5.92 Å². The summed E-state index contributed by atoms with van der Waals surface area (Å²) in [4.78, 5) is 24.1. The van der Waals surface area contributed by atoms with Gasteiger partial charge in [-0.2, -0.15) is 5.26 Å². The molecule has 0 radical (unpaired) electrons. The summed E-state index contributed by atoms with van der Waals surface area (Å²) in [6.07, 6.45) is 1.33. The molecule has 4 heteroatoms. The number of rotatable bonds is 2. The Morgan fingerprint density at radius 3 is 2.85 bits per heavy atom. The van der Waals surface area contributed by atoms with Crippen molar-refractivity contribution in [2.45, 2.75) is 19.8 Å². The monoisotopic (exact) mass is 180 g/mol. The highest BCUT2D eigenvalue weighted by Gasteiger charge is 2.33. The van der Waals surface area contributed by atoms with E-state index in [1.807, 2.05) is 13.0 Å². The van der Waals surface area contributed by atoms with Crippen molar-refractivity contribution in [2.75, 3.05) is 13.1 Å². The zero-order valence-corrected chi connectivity index (χ0v) is 7.62. The average molecular weight is 180 g/mol. The van der Waals surface area contributed by atoms with Crippen LogP contribution in [0.3, 0.4) is 0 Å². The lowest BCUT2D eigenvalue weighted by Gasteiger charge is -2.27. The van der Waals surface area contributed by atoms with Crippen molar-refractivity contribution in [3.05, 3.63) is 0 Å². The molecule has 1 aliphatic rings. The molecular weight excluding hydrogens is 168 g/mol. The van der Waals surface area contributed by atoms with Crippen LogP contribution in [0, 0.1) is 17.2 Å². The van der Waals surface area contributed by atoms with E-state index in [9.17, 15) is 9.59 Å². The van der Waals surface area contributed by atoms with Crippen molar-refractivity contribution < 1.29 is 9.59 Å². The number of nitriles is 1. The molecule has 1 saturated heterocycles. The lowest BCUT2D eigenvalue weighted by Crippen LogP contribution is -2.45. The van der Waals surface area contributed by atoms with Crippen LogP contribution in [-0.2, 0) is 9.59 Å². The quantitative estimate of drug-likeness (QED) is 0.575. The normalized spacial score (nSPS) is 23.1. The maximum absolute atomic E-state index is 11.3. The van der Waals surface area contributed by atoms with Crippen molar-refractivity contribution in [2.24, 2.45) is 5.92 Å². The molecule has 70 valence electrons. The van der Waals surface area contributed by atoms with E-state index in [1.54, 1.807) is 0 Å². The van der Waals surface area contributed by atoms with Crippen LogP contribution in [0.15, 0.2) is 0 Å². The second kappa shape index (κ2) is 4.04. The summed E-state index contributed by atoms with van der Waals surface area (Å²) in [6, 6.07) is 1.85. The fraction of sp³-hybridized carbons (Fsp3) is 0.667. The summed E-state index contributed by atoms with van der Waals surface area (Å²) < 4.78 is 0. The minimum atomic E-state index is -0.708. The number of hydrogen-bond acceptors (Lipinski definition) is 3. The van der Waals surface area contributed by atoms with Crippen molar-refractivity contribution in [1.82, 2.24) is 4.90 Å². The van der Waals surface area contributed by atoms with Gasteiger partial charge in [0.2, 0.25) is 5.78 Å². The molecule has 13 heavy (non-hydrogen) atoms. The van der Waals surface area contributed by atoms with Gasteiger partial charge in [-0.15, -0.1) is 0 Å². The van der Waals surface area contributed by atoms with Gasteiger partial charge in [0, 0.05) is 13.1 Å². The first kappa shape index (κ1) is 9.72. The van der Waals surface area contributed by atoms with Gasteiger partial charge in [-0.3, -0.25) is 9.59 Å². The van der Waals surface area contributed by atoms with E-state index < -0.39 is 17.6 Å². The zero-order valence-electron chi connectivity index (χ0n) is 7.62. The first-order valence-corrected chi connectivity index (χ1v) is 4.43.